The number of nitrogens with one attached hydrogen (secondary N) is 1. The van der Waals surface area contributed by atoms with Crippen LogP contribution < -0.4 is 4.72 Å². The smallest absolute Gasteiger partial charge is 0.322 e. The summed E-state index contributed by atoms with van der Waals surface area (Å²) in [6.45, 7) is 0. The van der Waals surface area contributed by atoms with Gasteiger partial charge in [-0.05, 0) is 18.2 Å². The highest BCUT2D eigenvalue weighted by Gasteiger charge is 2.28. The second kappa shape index (κ2) is 6.40. The number of carbonyl (C=O) groups is 2. The van der Waals surface area contributed by atoms with E-state index in [1.54, 1.807) is 4.72 Å². The van der Waals surface area contributed by atoms with E-state index in [-0.39, 0.29) is 10.0 Å². The molecule has 3 N–H and O–H groups in total. The summed E-state index contributed by atoms with van der Waals surface area (Å²) in [4.78, 5) is 20.9. The Labute approximate surface area is 124 Å². The summed E-state index contributed by atoms with van der Waals surface area (Å²) in [5.74, 6) is -3.08. The van der Waals surface area contributed by atoms with Crippen LogP contribution in [0.1, 0.15) is 6.42 Å². The van der Waals surface area contributed by atoms with Gasteiger partial charge >= 0.3 is 11.9 Å². The molecule has 110 valence electrons. The zero-order chi connectivity index (χ0) is 15.5. The predicted octanol–water partition coefficient (Wildman–Crippen LogP) is 1.20. The highest BCUT2D eigenvalue weighted by Crippen LogP contribution is 2.25. The molecule has 0 fully saturated rings. The number of carboxylic acids is 2. The van der Waals surface area contributed by atoms with Gasteiger partial charge in [0.2, 0.25) is 10.0 Å². The second-order valence-corrected chi connectivity index (χ2v) is 6.21. The van der Waals surface area contributed by atoms with E-state index >= 15 is 0 Å². The van der Waals surface area contributed by atoms with Crippen LogP contribution in [0.25, 0.3) is 0 Å². The molecule has 1 aromatic carbocycles. The molecule has 0 unspecified atom stereocenters. The van der Waals surface area contributed by atoms with Gasteiger partial charge in [0.1, 0.15) is 10.9 Å². The Morgan fingerprint density at radius 3 is 2.35 bits per heavy atom. The Balaban J connectivity index is 3.12. The summed E-state index contributed by atoms with van der Waals surface area (Å²) in [5.41, 5.74) is 0. The quantitative estimate of drug-likeness (QED) is 0.714. The molecule has 1 rings (SSSR count). The largest absolute Gasteiger partial charge is 0.481 e. The minimum absolute atomic E-state index is 0.0832. The van der Waals surface area contributed by atoms with Crippen molar-refractivity contribution in [2.75, 3.05) is 0 Å². The van der Waals surface area contributed by atoms with Crippen LogP contribution in [0.5, 0.6) is 0 Å². The molecule has 1 aromatic rings. The number of carboxylic acid groups (broad SMARTS) is 2. The molecule has 0 bridgehead atoms. The molecule has 7 nitrogen and oxygen atoms in total. The lowest BCUT2D eigenvalue weighted by Gasteiger charge is -2.13. The number of rotatable bonds is 6. The van der Waals surface area contributed by atoms with Crippen LogP contribution >= 0.6 is 23.2 Å². The van der Waals surface area contributed by atoms with Gasteiger partial charge in [0, 0.05) is 5.02 Å². The van der Waals surface area contributed by atoms with E-state index in [1.165, 1.54) is 12.1 Å². The normalized spacial score (nSPS) is 12.9. The van der Waals surface area contributed by atoms with Gasteiger partial charge in [-0.1, -0.05) is 23.2 Å². The Kier molecular flexibility index (Phi) is 5.35. The first-order valence-corrected chi connectivity index (χ1v) is 7.29. The minimum Gasteiger partial charge on any atom is -0.481 e. The van der Waals surface area contributed by atoms with E-state index in [0.29, 0.717) is 0 Å². The van der Waals surface area contributed by atoms with Gasteiger partial charge in [0.15, 0.2) is 0 Å². The van der Waals surface area contributed by atoms with Gasteiger partial charge in [-0.3, -0.25) is 9.59 Å². The molecule has 0 amide bonds. The Morgan fingerprint density at radius 2 is 1.85 bits per heavy atom. The van der Waals surface area contributed by atoms with Crippen molar-refractivity contribution in [3.8, 4) is 0 Å². The van der Waals surface area contributed by atoms with E-state index < -0.39 is 39.3 Å². The van der Waals surface area contributed by atoms with Crippen LogP contribution in [0.4, 0.5) is 0 Å². The van der Waals surface area contributed by atoms with E-state index in [0.717, 1.165) is 6.07 Å². The number of aliphatic carboxylic acids is 2. The van der Waals surface area contributed by atoms with E-state index in [1.807, 2.05) is 0 Å². The Hall–Kier alpha value is -1.35. The fraction of sp³-hybridized carbons (Fsp3) is 0.200. The zero-order valence-electron chi connectivity index (χ0n) is 9.71. The van der Waals surface area contributed by atoms with Crippen molar-refractivity contribution in [3.05, 3.63) is 28.2 Å². The lowest BCUT2D eigenvalue weighted by Crippen LogP contribution is -2.42. The summed E-state index contributed by atoms with van der Waals surface area (Å²) in [6, 6.07) is 1.80. The van der Waals surface area contributed by atoms with Gasteiger partial charge in [0.25, 0.3) is 0 Å². The van der Waals surface area contributed by atoms with Gasteiger partial charge in [-0.2, -0.15) is 4.72 Å². The molecule has 0 aromatic heterocycles. The minimum atomic E-state index is -4.31. The molecule has 0 aliphatic rings. The van der Waals surface area contributed by atoms with Crippen LogP contribution in [0, 0.1) is 0 Å². The number of benzene rings is 1. The molecule has 0 spiro atoms. The van der Waals surface area contributed by atoms with Crippen molar-refractivity contribution < 1.29 is 28.2 Å². The summed E-state index contributed by atoms with van der Waals surface area (Å²) in [5, 5.41) is 17.3. The van der Waals surface area contributed by atoms with Crippen LogP contribution in [-0.4, -0.2) is 36.6 Å². The SMILES string of the molecule is O=C(O)C[C@H](NS(=O)(=O)c1cc(Cl)ccc1Cl)C(=O)O. The van der Waals surface area contributed by atoms with Crippen LogP contribution in [0.3, 0.4) is 0 Å². The number of halogens is 2. The summed E-state index contributed by atoms with van der Waals surface area (Å²) >= 11 is 11.4. The average molecular weight is 342 g/mol. The standard InChI is InChI=1S/C10H9Cl2NO6S/c11-5-1-2-6(12)8(3-5)20(18,19)13-7(10(16)17)4-9(14)15/h1-3,7,13H,4H2,(H,14,15)(H,16,17)/t7-/m0/s1. The van der Waals surface area contributed by atoms with E-state index in [4.69, 9.17) is 33.4 Å². The van der Waals surface area contributed by atoms with Crippen molar-refractivity contribution in [1.82, 2.24) is 4.72 Å². The Bertz CT molecular complexity index is 645. The zero-order valence-corrected chi connectivity index (χ0v) is 12.0. The molecular formula is C10H9Cl2NO6S. The first-order chi connectivity index (χ1) is 9.13. The highest BCUT2D eigenvalue weighted by molar-refractivity contribution is 7.89. The van der Waals surface area contributed by atoms with Crippen LogP contribution in [0.15, 0.2) is 23.1 Å². The van der Waals surface area contributed by atoms with Crippen molar-refractivity contribution >= 4 is 45.2 Å². The number of hydrogen-bond donors (Lipinski definition) is 3. The van der Waals surface area contributed by atoms with Crippen LogP contribution in [-0.2, 0) is 19.6 Å². The van der Waals surface area contributed by atoms with Gasteiger partial charge in [-0.25, -0.2) is 8.42 Å². The highest BCUT2D eigenvalue weighted by atomic mass is 35.5. The van der Waals surface area contributed by atoms with Gasteiger partial charge < -0.3 is 10.2 Å². The Morgan fingerprint density at radius 1 is 1.25 bits per heavy atom. The maximum Gasteiger partial charge on any atom is 0.322 e. The molecule has 0 heterocycles. The van der Waals surface area contributed by atoms with Crippen LogP contribution in [0.2, 0.25) is 10.0 Å². The predicted molar refractivity (Wildman–Crippen MR) is 70.5 cm³/mol. The van der Waals surface area contributed by atoms with Crippen molar-refractivity contribution in [3.63, 3.8) is 0 Å². The van der Waals surface area contributed by atoms with Crippen molar-refractivity contribution in [2.24, 2.45) is 0 Å². The lowest BCUT2D eigenvalue weighted by atomic mass is 10.2. The summed E-state index contributed by atoms with van der Waals surface area (Å²) in [7, 11) is -4.31. The third kappa shape index (κ3) is 4.34. The molecule has 0 saturated heterocycles. The van der Waals surface area contributed by atoms with Gasteiger partial charge in [-0.15, -0.1) is 0 Å². The third-order valence-corrected chi connectivity index (χ3v) is 4.35. The van der Waals surface area contributed by atoms with Gasteiger partial charge in [0.05, 0.1) is 11.4 Å². The maximum atomic E-state index is 12.0. The molecule has 0 aliphatic carbocycles. The fourth-order valence-corrected chi connectivity index (χ4v) is 3.24. The monoisotopic (exact) mass is 341 g/mol. The topological polar surface area (TPSA) is 121 Å². The molecular weight excluding hydrogens is 333 g/mol. The lowest BCUT2D eigenvalue weighted by molar-refractivity contribution is -0.145. The maximum absolute atomic E-state index is 12.0. The first-order valence-electron chi connectivity index (χ1n) is 5.05. The molecule has 0 aliphatic heterocycles. The van der Waals surface area contributed by atoms with E-state index in [2.05, 4.69) is 0 Å². The first kappa shape index (κ1) is 16.7. The fourth-order valence-electron chi connectivity index (χ4n) is 1.29. The van der Waals surface area contributed by atoms with E-state index in [9.17, 15) is 18.0 Å². The molecule has 20 heavy (non-hydrogen) atoms. The molecule has 0 saturated carbocycles. The molecule has 10 heteroatoms. The number of hydrogen-bond acceptors (Lipinski definition) is 4. The molecule has 0 radical (unpaired) electrons. The van der Waals surface area contributed by atoms with Crippen molar-refractivity contribution in [2.45, 2.75) is 17.4 Å². The second-order valence-electron chi connectivity index (χ2n) is 3.68. The number of sulfonamides is 1. The average Bonchev–Trinajstić information content (AvgIpc) is 2.30. The summed E-state index contributed by atoms with van der Waals surface area (Å²) in [6.07, 6.45) is -0.910. The molecule has 1 atom stereocenters. The third-order valence-electron chi connectivity index (χ3n) is 2.16. The van der Waals surface area contributed by atoms with Crippen molar-refractivity contribution in [1.29, 1.82) is 0 Å². The summed E-state index contributed by atoms with van der Waals surface area (Å²) < 4.78 is 25.7.